The van der Waals surface area contributed by atoms with Gasteiger partial charge in [-0.1, -0.05) is 0 Å². The second-order valence-corrected chi connectivity index (χ2v) is 2.09. The average Bonchev–Trinajstić information content (AvgIpc) is 2.19. The van der Waals surface area contributed by atoms with E-state index in [1.807, 2.05) is 0 Å². The molecule has 1 aliphatic rings. The van der Waals surface area contributed by atoms with Crippen molar-refractivity contribution in [2.24, 2.45) is 0 Å². The summed E-state index contributed by atoms with van der Waals surface area (Å²) in [6.07, 6.45) is 0.142. The molecule has 6 nitrogen and oxygen atoms in total. The maximum absolute atomic E-state index is 10.7. The molecule has 1 atom stereocenters. The summed E-state index contributed by atoms with van der Waals surface area (Å²) < 4.78 is 0. The summed E-state index contributed by atoms with van der Waals surface area (Å²) >= 11 is 0. The van der Waals surface area contributed by atoms with Crippen molar-refractivity contribution in [3.05, 3.63) is 0 Å². The number of imide groups is 1. The van der Waals surface area contributed by atoms with Gasteiger partial charge < -0.3 is 5.32 Å². The van der Waals surface area contributed by atoms with E-state index in [0.29, 0.717) is 6.41 Å². The van der Waals surface area contributed by atoms with Gasteiger partial charge in [-0.25, -0.2) is 0 Å². The van der Waals surface area contributed by atoms with Gasteiger partial charge in [0.15, 0.2) is 0 Å². The minimum atomic E-state index is -0.898. The van der Waals surface area contributed by atoms with Crippen LogP contribution in [0.15, 0.2) is 0 Å². The Morgan fingerprint density at radius 3 is 2.64 bits per heavy atom. The number of nitrogens with one attached hydrogen (secondary N) is 1. The normalized spacial score (nSPS) is 24.1. The number of carbonyl (C=O) groups is 3. The van der Waals surface area contributed by atoms with Gasteiger partial charge in [-0.05, 0) is 0 Å². The van der Waals surface area contributed by atoms with Crippen LogP contribution in [0, 0.1) is 0 Å². The molecule has 2 N–H and O–H groups in total. The summed E-state index contributed by atoms with van der Waals surface area (Å²) in [6, 6.07) is -0.898. The molecule has 1 aliphatic heterocycles. The van der Waals surface area contributed by atoms with Crippen LogP contribution in [0.5, 0.6) is 0 Å². The first-order chi connectivity index (χ1) is 5.16. The molecule has 1 unspecified atom stereocenters. The molecule has 11 heavy (non-hydrogen) atoms. The summed E-state index contributed by atoms with van der Waals surface area (Å²) in [6.45, 7) is 0. The van der Waals surface area contributed by atoms with Gasteiger partial charge in [0, 0.05) is 0 Å². The lowest BCUT2D eigenvalue weighted by atomic mass is 10.2. The van der Waals surface area contributed by atoms with E-state index in [1.165, 1.54) is 0 Å². The Kier molecular flexibility index (Phi) is 1.86. The van der Waals surface area contributed by atoms with Crippen molar-refractivity contribution in [3.63, 3.8) is 0 Å². The fraction of sp³-hybridized carbons (Fsp3) is 0.400. The van der Waals surface area contributed by atoms with Crippen LogP contribution < -0.4 is 5.32 Å². The molecule has 0 radical (unpaired) electrons. The van der Waals surface area contributed by atoms with E-state index in [4.69, 9.17) is 5.21 Å². The largest absolute Gasteiger partial charge is 0.346 e. The Balaban J connectivity index is 2.66. The van der Waals surface area contributed by atoms with Crippen molar-refractivity contribution in [1.29, 1.82) is 0 Å². The van der Waals surface area contributed by atoms with E-state index in [9.17, 15) is 14.4 Å². The number of hydroxylamine groups is 2. The van der Waals surface area contributed by atoms with Gasteiger partial charge in [-0.2, -0.15) is 5.06 Å². The topological polar surface area (TPSA) is 86.7 Å². The van der Waals surface area contributed by atoms with Gasteiger partial charge in [-0.3, -0.25) is 19.6 Å². The molecule has 0 bridgehead atoms. The van der Waals surface area contributed by atoms with E-state index in [1.54, 1.807) is 0 Å². The monoisotopic (exact) mass is 158 g/mol. The zero-order valence-corrected chi connectivity index (χ0v) is 5.48. The third-order valence-electron chi connectivity index (χ3n) is 1.39. The summed E-state index contributed by atoms with van der Waals surface area (Å²) in [7, 11) is 0. The van der Waals surface area contributed by atoms with Crippen LogP contribution in [0.1, 0.15) is 6.42 Å². The highest BCUT2D eigenvalue weighted by atomic mass is 16.5. The smallest absolute Gasteiger partial charge is 0.276 e. The van der Waals surface area contributed by atoms with Crippen LogP contribution in [0.25, 0.3) is 0 Å². The molecule has 0 aromatic rings. The fourth-order valence-corrected chi connectivity index (χ4v) is 0.831. The molecule has 3 amide bonds. The molecule has 6 heteroatoms. The Morgan fingerprint density at radius 2 is 2.27 bits per heavy atom. The zero-order chi connectivity index (χ0) is 8.43. The lowest BCUT2D eigenvalue weighted by Gasteiger charge is -2.04. The van der Waals surface area contributed by atoms with Crippen LogP contribution in [-0.4, -0.2) is 34.5 Å². The van der Waals surface area contributed by atoms with Crippen molar-refractivity contribution in [3.8, 4) is 0 Å². The molecule has 60 valence electrons. The third kappa shape index (κ3) is 1.20. The summed E-state index contributed by atoms with van der Waals surface area (Å²) in [5, 5.41) is 10.8. The van der Waals surface area contributed by atoms with E-state index >= 15 is 0 Å². The first-order valence-corrected chi connectivity index (χ1v) is 2.92. The highest BCUT2D eigenvalue weighted by Gasteiger charge is 2.37. The van der Waals surface area contributed by atoms with E-state index < -0.39 is 17.9 Å². The third-order valence-corrected chi connectivity index (χ3v) is 1.39. The van der Waals surface area contributed by atoms with E-state index in [2.05, 4.69) is 5.32 Å². The second-order valence-electron chi connectivity index (χ2n) is 2.09. The molecule has 1 rings (SSSR count). The van der Waals surface area contributed by atoms with Crippen molar-refractivity contribution in [2.75, 3.05) is 0 Å². The fourth-order valence-electron chi connectivity index (χ4n) is 0.831. The molecule has 0 spiro atoms. The number of hydrogen-bond acceptors (Lipinski definition) is 4. The van der Waals surface area contributed by atoms with Gasteiger partial charge in [0.1, 0.15) is 6.04 Å². The lowest BCUT2D eigenvalue weighted by Crippen LogP contribution is -2.36. The predicted octanol–water partition coefficient (Wildman–Crippen LogP) is -1.75. The van der Waals surface area contributed by atoms with Crippen LogP contribution in [0.4, 0.5) is 0 Å². The van der Waals surface area contributed by atoms with Gasteiger partial charge in [0.05, 0.1) is 6.42 Å². The predicted molar refractivity (Wildman–Crippen MR) is 31.2 cm³/mol. The Labute approximate surface area is 61.7 Å². The molecular weight excluding hydrogens is 152 g/mol. The maximum atomic E-state index is 10.7. The van der Waals surface area contributed by atoms with Crippen molar-refractivity contribution in [1.82, 2.24) is 10.4 Å². The minimum Gasteiger partial charge on any atom is -0.346 e. The van der Waals surface area contributed by atoms with Gasteiger partial charge in [0.2, 0.25) is 6.41 Å². The second kappa shape index (κ2) is 2.67. The molecule has 0 aromatic carbocycles. The van der Waals surface area contributed by atoms with Crippen LogP contribution in [0.2, 0.25) is 0 Å². The molecule has 1 fully saturated rings. The van der Waals surface area contributed by atoms with Gasteiger partial charge >= 0.3 is 0 Å². The standard InChI is InChI=1S/C5H6N2O4/c8-2-6-3-1-4(9)7(11)5(3)10/h2-3,11H,1H2,(H,6,8). The minimum absolute atomic E-state index is 0.0150. The lowest BCUT2D eigenvalue weighted by molar-refractivity contribution is -0.171. The molecular formula is C5H6N2O4. The molecule has 0 aromatic heterocycles. The van der Waals surface area contributed by atoms with Crippen LogP contribution in [0.3, 0.4) is 0 Å². The van der Waals surface area contributed by atoms with Crippen LogP contribution >= 0.6 is 0 Å². The molecule has 1 saturated heterocycles. The zero-order valence-electron chi connectivity index (χ0n) is 5.48. The molecule has 1 heterocycles. The van der Waals surface area contributed by atoms with E-state index in [-0.39, 0.29) is 11.5 Å². The van der Waals surface area contributed by atoms with Crippen LogP contribution in [-0.2, 0) is 14.4 Å². The van der Waals surface area contributed by atoms with Gasteiger partial charge in [0.25, 0.3) is 11.8 Å². The average molecular weight is 158 g/mol. The van der Waals surface area contributed by atoms with E-state index in [0.717, 1.165) is 0 Å². The first kappa shape index (κ1) is 7.67. The van der Waals surface area contributed by atoms with Crippen molar-refractivity contribution < 1.29 is 19.6 Å². The Hall–Kier alpha value is -1.43. The van der Waals surface area contributed by atoms with Crippen molar-refractivity contribution in [2.45, 2.75) is 12.5 Å². The number of carbonyl (C=O) groups excluding carboxylic acids is 3. The molecule has 0 aliphatic carbocycles. The highest BCUT2D eigenvalue weighted by Crippen LogP contribution is 2.08. The Bertz CT molecular complexity index is 215. The maximum Gasteiger partial charge on any atom is 0.276 e. The summed E-state index contributed by atoms with van der Waals surface area (Å²) in [4.78, 5) is 31.2. The highest BCUT2D eigenvalue weighted by molar-refractivity contribution is 6.04. The summed E-state index contributed by atoms with van der Waals surface area (Å²) in [5.41, 5.74) is 0. The van der Waals surface area contributed by atoms with Crippen molar-refractivity contribution >= 4 is 18.2 Å². The number of hydrogen-bond donors (Lipinski definition) is 2. The number of amides is 3. The quantitative estimate of drug-likeness (QED) is 0.283. The first-order valence-electron chi connectivity index (χ1n) is 2.92. The number of rotatable bonds is 2. The SMILES string of the molecule is O=CNC1CC(=O)N(O)C1=O. The van der Waals surface area contributed by atoms with Gasteiger partial charge in [-0.15, -0.1) is 0 Å². The summed E-state index contributed by atoms with van der Waals surface area (Å²) in [5.74, 6) is -1.49. The number of nitrogens with zero attached hydrogens (tertiary/aromatic N) is 1. The Morgan fingerprint density at radius 1 is 1.64 bits per heavy atom. The molecule has 0 saturated carbocycles.